The van der Waals surface area contributed by atoms with E-state index in [2.05, 4.69) is 4.98 Å². The van der Waals surface area contributed by atoms with Crippen molar-refractivity contribution in [2.24, 2.45) is 0 Å². The highest BCUT2D eigenvalue weighted by atomic mass is 35.5. The molecule has 0 saturated carbocycles. The molecule has 0 radical (unpaired) electrons. The Balaban J connectivity index is 2.26. The number of amides is 1. The molecule has 0 fully saturated rings. The monoisotopic (exact) mass is 362 g/mol. The van der Waals surface area contributed by atoms with E-state index in [0.717, 1.165) is 23.3 Å². The zero-order valence-corrected chi connectivity index (χ0v) is 15.3. The Morgan fingerprint density at radius 1 is 1.17 bits per heavy atom. The van der Waals surface area contributed by atoms with E-state index >= 15 is 0 Å². The van der Waals surface area contributed by atoms with Gasteiger partial charge >= 0.3 is 0 Å². The fourth-order valence-corrected chi connectivity index (χ4v) is 2.71. The number of halogens is 2. The predicted molar refractivity (Wildman–Crippen MR) is 99.0 cm³/mol. The largest absolute Gasteiger partial charge is 0.329 e. The van der Waals surface area contributed by atoms with Gasteiger partial charge in [-0.2, -0.15) is 0 Å². The summed E-state index contributed by atoms with van der Waals surface area (Å²) in [7, 11) is 0. The maximum absolute atomic E-state index is 12.8. The summed E-state index contributed by atoms with van der Waals surface area (Å²) < 4.78 is 0. The topological polar surface area (TPSA) is 33.2 Å². The molecule has 0 unspecified atom stereocenters. The van der Waals surface area contributed by atoms with E-state index in [4.69, 9.17) is 23.2 Å². The predicted octanol–water partition coefficient (Wildman–Crippen LogP) is 5.27. The van der Waals surface area contributed by atoms with Gasteiger partial charge in [-0.25, -0.2) is 0 Å². The third-order valence-electron chi connectivity index (χ3n) is 3.57. The van der Waals surface area contributed by atoms with Gasteiger partial charge in [0.25, 0.3) is 0 Å². The molecule has 3 nitrogen and oxygen atoms in total. The molecule has 1 amide bonds. The molecule has 1 heterocycles. The number of hydrogen-bond acceptors (Lipinski definition) is 2. The van der Waals surface area contributed by atoms with E-state index in [1.54, 1.807) is 23.2 Å². The highest BCUT2D eigenvalue weighted by Gasteiger charge is 2.17. The summed E-state index contributed by atoms with van der Waals surface area (Å²) in [5.41, 5.74) is 2.50. The van der Waals surface area contributed by atoms with Crippen molar-refractivity contribution in [3.05, 3.63) is 75.5 Å². The summed E-state index contributed by atoms with van der Waals surface area (Å²) in [6, 6.07) is 11.1. The van der Waals surface area contributed by atoms with Crippen LogP contribution < -0.4 is 0 Å². The third-order valence-corrected chi connectivity index (χ3v) is 4.31. The minimum absolute atomic E-state index is 0.00595. The number of carbonyl (C=O) groups excluding carboxylic acids is 1. The molecule has 0 bridgehead atoms. The summed E-state index contributed by atoms with van der Waals surface area (Å²) in [6.45, 7) is 4.74. The molecule has 0 spiro atoms. The molecule has 0 atom stereocenters. The van der Waals surface area contributed by atoms with Gasteiger partial charge in [0.2, 0.25) is 5.91 Å². The van der Waals surface area contributed by atoms with Crippen LogP contribution in [-0.2, 0) is 17.9 Å². The van der Waals surface area contributed by atoms with Gasteiger partial charge in [-0.3, -0.25) is 9.78 Å². The van der Waals surface area contributed by atoms with E-state index < -0.39 is 0 Å². The smallest absolute Gasteiger partial charge is 0.249 e. The Morgan fingerprint density at radius 2 is 1.96 bits per heavy atom. The number of carbonyl (C=O) groups is 1. The van der Waals surface area contributed by atoms with E-state index in [0.29, 0.717) is 23.1 Å². The average molecular weight is 363 g/mol. The SMILES string of the molecule is CC/C=C(/C)C(=O)N(Cc1ccc(Cl)c(Cl)c1)Cc1ccccn1. The highest BCUT2D eigenvalue weighted by molar-refractivity contribution is 6.42. The second-order valence-corrected chi connectivity index (χ2v) is 6.34. The molecule has 1 aromatic carbocycles. The molecular weight excluding hydrogens is 343 g/mol. The van der Waals surface area contributed by atoms with Gasteiger partial charge in [-0.15, -0.1) is 0 Å². The van der Waals surface area contributed by atoms with Crippen molar-refractivity contribution < 1.29 is 4.79 Å². The molecule has 24 heavy (non-hydrogen) atoms. The lowest BCUT2D eigenvalue weighted by atomic mass is 10.1. The lowest BCUT2D eigenvalue weighted by Crippen LogP contribution is -2.31. The van der Waals surface area contributed by atoms with Crippen molar-refractivity contribution in [1.29, 1.82) is 0 Å². The zero-order valence-electron chi connectivity index (χ0n) is 13.8. The van der Waals surface area contributed by atoms with Crippen molar-refractivity contribution in [2.75, 3.05) is 0 Å². The second-order valence-electron chi connectivity index (χ2n) is 5.53. The number of benzene rings is 1. The molecule has 2 aromatic rings. The normalized spacial score (nSPS) is 11.4. The van der Waals surface area contributed by atoms with Crippen LogP contribution >= 0.6 is 23.2 Å². The zero-order chi connectivity index (χ0) is 17.5. The van der Waals surface area contributed by atoms with E-state index in [-0.39, 0.29) is 5.91 Å². The molecule has 0 N–H and O–H groups in total. The number of aromatic nitrogens is 1. The van der Waals surface area contributed by atoms with Crippen LogP contribution in [0.2, 0.25) is 10.0 Å². The number of nitrogens with zero attached hydrogens (tertiary/aromatic N) is 2. The van der Waals surface area contributed by atoms with Crippen molar-refractivity contribution in [2.45, 2.75) is 33.4 Å². The van der Waals surface area contributed by atoms with Crippen LogP contribution in [0.25, 0.3) is 0 Å². The maximum atomic E-state index is 12.8. The second kappa shape index (κ2) is 8.86. The summed E-state index contributed by atoms with van der Waals surface area (Å²) >= 11 is 12.1. The van der Waals surface area contributed by atoms with Gasteiger partial charge in [-0.1, -0.05) is 48.3 Å². The molecule has 126 valence electrons. The Kier molecular flexibility index (Phi) is 6.83. The first-order valence-corrected chi connectivity index (χ1v) is 8.56. The van der Waals surface area contributed by atoms with Crippen LogP contribution in [0, 0.1) is 0 Å². The number of pyridine rings is 1. The fourth-order valence-electron chi connectivity index (χ4n) is 2.39. The maximum Gasteiger partial charge on any atom is 0.249 e. The molecule has 0 aliphatic rings. The minimum atomic E-state index is -0.00595. The van der Waals surface area contributed by atoms with Crippen molar-refractivity contribution >= 4 is 29.1 Å². The average Bonchev–Trinajstić information content (AvgIpc) is 2.58. The molecule has 0 aliphatic carbocycles. The van der Waals surface area contributed by atoms with Crippen molar-refractivity contribution in [3.63, 3.8) is 0 Å². The number of rotatable bonds is 6. The van der Waals surface area contributed by atoms with Crippen LogP contribution in [0.3, 0.4) is 0 Å². The highest BCUT2D eigenvalue weighted by Crippen LogP contribution is 2.24. The van der Waals surface area contributed by atoms with Gasteiger partial charge in [0.05, 0.1) is 22.3 Å². The lowest BCUT2D eigenvalue weighted by Gasteiger charge is -2.23. The van der Waals surface area contributed by atoms with E-state index in [9.17, 15) is 4.79 Å². The molecular formula is C19H20Cl2N2O. The molecule has 1 aromatic heterocycles. The van der Waals surface area contributed by atoms with Crippen molar-refractivity contribution in [3.8, 4) is 0 Å². The minimum Gasteiger partial charge on any atom is -0.329 e. The van der Waals surface area contributed by atoms with Crippen molar-refractivity contribution in [1.82, 2.24) is 9.88 Å². The Bertz CT molecular complexity index is 729. The van der Waals surface area contributed by atoms with Gasteiger partial charge in [-0.05, 0) is 43.2 Å². The van der Waals surface area contributed by atoms with Crippen LogP contribution in [0.5, 0.6) is 0 Å². The first kappa shape index (κ1) is 18.5. The first-order valence-electron chi connectivity index (χ1n) is 7.81. The van der Waals surface area contributed by atoms with Crippen LogP contribution in [0.1, 0.15) is 31.5 Å². The Hall–Kier alpha value is -1.84. The molecule has 2 rings (SSSR count). The van der Waals surface area contributed by atoms with E-state index in [1.165, 1.54) is 0 Å². The van der Waals surface area contributed by atoms with Gasteiger partial charge in [0, 0.05) is 18.3 Å². The molecule has 0 saturated heterocycles. The quantitative estimate of drug-likeness (QED) is 0.655. The fraction of sp³-hybridized carbons (Fsp3) is 0.263. The summed E-state index contributed by atoms with van der Waals surface area (Å²) in [5, 5.41) is 0.991. The van der Waals surface area contributed by atoms with Crippen LogP contribution in [-0.4, -0.2) is 15.8 Å². The number of hydrogen-bond donors (Lipinski definition) is 0. The summed E-state index contributed by atoms with van der Waals surface area (Å²) in [5.74, 6) is -0.00595. The third kappa shape index (κ3) is 5.08. The Morgan fingerprint density at radius 3 is 2.58 bits per heavy atom. The van der Waals surface area contributed by atoms with Gasteiger partial charge in [0.15, 0.2) is 0 Å². The molecule has 0 aliphatic heterocycles. The number of allylic oxidation sites excluding steroid dienone is 1. The first-order chi connectivity index (χ1) is 11.5. The summed E-state index contributed by atoms with van der Waals surface area (Å²) in [4.78, 5) is 18.9. The van der Waals surface area contributed by atoms with Gasteiger partial charge < -0.3 is 4.90 Å². The standard InChI is InChI=1S/C19H20Cl2N2O/c1-3-6-14(2)19(24)23(13-16-7-4-5-10-22-16)12-15-8-9-17(20)18(21)11-15/h4-11H,3,12-13H2,1-2H3/b14-6-. The Labute approximate surface area is 152 Å². The molecule has 5 heteroatoms. The van der Waals surface area contributed by atoms with Crippen LogP contribution in [0.15, 0.2) is 54.2 Å². The van der Waals surface area contributed by atoms with Crippen LogP contribution in [0.4, 0.5) is 0 Å². The van der Waals surface area contributed by atoms with E-state index in [1.807, 2.05) is 44.2 Å². The van der Waals surface area contributed by atoms with Gasteiger partial charge in [0.1, 0.15) is 0 Å². The summed E-state index contributed by atoms with van der Waals surface area (Å²) in [6.07, 6.45) is 4.48. The lowest BCUT2D eigenvalue weighted by molar-refractivity contribution is -0.128.